The van der Waals surface area contributed by atoms with Crippen molar-refractivity contribution in [3.8, 4) is 0 Å². The van der Waals surface area contributed by atoms with E-state index in [1.54, 1.807) is 9.80 Å². The van der Waals surface area contributed by atoms with Crippen molar-refractivity contribution in [2.75, 3.05) is 31.1 Å². The number of aliphatic carboxylic acids is 1. The lowest BCUT2D eigenvalue weighted by atomic mass is 10.0. The summed E-state index contributed by atoms with van der Waals surface area (Å²) in [4.78, 5) is 39.8. The van der Waals surface area contributed by atoms with Crippen LogP contribution in [-0.2, 0) is 19.1 Å². The van der Waals surface area contributed by atoms with E-state index in [4.69, 9.17) is 9.84 Å². The van der Waals surface area contributed by atoms with E-state index in [0.29, 0.717) is 32.0 Å². The van der Waals surface area contributed by atoms with Gasteiger partial charge in [-0.3, -0.25) is 14.4 Å². The van der Waals surface area contributed by atoms with Gasteiger partial charge in [-0.05, 0) is 30.0 Å². The Labute approximate surface area is 158 Å². The fraction of sp³-hybridized carbons (Fsp3) is 0.550. The van der Waals surface area contributed by atoms with Gasteiger partial charge in [0.25, 0.3) is 0 Å². The van der Waals surface area contributed by atoms with E-state index in [1.807, 2.05) is 24.3 Å². The van der Waals surface area contributed by atoms with Gasteiger partial charge in [-0.2, -0.15) is 0 Å². The van der Waals surface area contributed by atoms with Gasteiger partial charge in [0.05, 0.1) is 19.1 Å². The van der Waals surface area contributed by atoms with E-state index in [9.17, 15) is 14.4 Å². The van der Waals surface area contributed by atoms with Crippen LogP contribution in [-0.4, -0.2) is 60.1 Å². The molecule has 0 radical (unpaired) electrons. The molecule has 2 saturated heterocycles. The van der Waals surface area contributed by atoms with Gasteiger partial charge in [-0.15, -0.1) is 0 Å². The number of anilines is 1. The average molecular weight is 374 g/mol. The number of hydrogen-bond acceptors (Lipinski definition) is 4. The summed E-state index contributed by atoms with van der Waals surface area (Å²) >= 11 is 0. The third kappa shape index (κ3) is 4.30. The van der Waals surface area contributed by atoms with Crippen molar-refractivity contribution in [1.29, 1.82) is 0 Å². The van der Waals surface area contributed by atoms with Gasteiger partial charge in [-0.1, -0.05) is 26.0 Å². The quantitative estimate of drug-likeness (QED) is 0.795. The van der Waals surface area contributed by atoms with Crippen LogP contribution in [0.15, 0.2) is 24.3 Å². The number of nitrogens with zero attached hydrogens (tertiary/aromatic N) is 2. The van der Waals surface area contributed by atoms with Crippen LogP contribution in [0.25, 0.3) is 0 Å². The predicted octanol–water partition coefficient (Wildman–Crippen LogP) is 1.86. The monoisotopic (exact) mass is 374 g/mol. The number of ether oxygens (including phenoxy) is 1. The molecule has 27 heavy (non-hydrogen) atoms. The number of benzene rings is 1. The van der Waals surface area contributed by atoms with Gasteiger partial charge in [-0.25, -0.2) is 0 Å². The number of carbonyl (C=O) groups excluding carboxylic acids is 2. The Morgan fingerprint density at radius 3 is 2.56 bits per heavy atom. The maximum Gasteiger partial charge on any atom is 0.306 e. The maximum atomic E-state index is 12.8. The number of morpholine rings is 1. The van der Waals surface area contributed by atoms with E-state index in [1.165, 1.54) is 5.56 Å². The minimum atomic E-state index is -0.956. The first-order valence-electron chi connectivity index (χ1n) is 9.40. The van der Waals surface area contributed by atoms with Gasteiger partial charge >= 0.3 is 5.97 Å². The topological polar surface area (TPSA) is 87.2 Å². The summed E-state index contributed by atoms with van der Waals surface area (Å²) in [6.07, 6.45) is -0.183. The molecule has 0 unspecified atom stereocenters. The molecule has 2 fully saturated rings. The molecule has 0 bridgehead atoms. The lowest BCUT2D eigenvalue weighted by Gasteiger charge is -2.33. The highest BCUT2D eigenvalue weighted by atomic mass is 16.5. The molecular weight excluding hydrogens is 348 g/mol. The Bertz CT molecular complexity index is 716. The number of carboxylic acid groups (broad SMARTS) is 1. The highest BCUT2D eigenvalue weighted by molar-refractivity contribution is 6.09. The lowest BCUT2D eigenvalue weighted by molar-refractivity contribution is -0.151. The van der Waals surface area contributed by atoms with Gasteiger partial charge in [0.1, 0.15) is 5.92 Å². The number of rotatable bonds is 5. The highest BCUT2D eigenvalue weighted by Crippen LogP contribution is 2.28. The van der Waals surface area contributed by atoms with E-state index >= 15 is 0 Å². The van der Waals surface area contributed by atoms with Crippen molar-refractivity contribution in [1.82, 2.24) is 4.90 Å². The molecule has 7 heteroatoms. The zero-order valence-corrected chi connectivity index (χ0v) is 15.8. The molecule has 7 nitrogen and oxygen atoms in total. The van der Waals surface area contributed by atoms with Crippen molar-refractivity contribution in [2.45, 2.75) is 38.7 Å². The fourth-order valence-corrected chi connectivity index (χ4v) is 3.66. The van der Waals surface area contributed by atoms with Crippen LogP contribution in [0.4, 0.5) is 5.69 Å². The highest BCUT2D eigenvalue weighted by Gasteiger charge is 2.41. The standard InChI is InChI=1S/C20H26N2O5/c1-13(2)14-3-5-15(6-4-14)22-8-7-17(20(22)26)19(25)21-9-10-27-16(12-21)11-18(23)24/h3-6,13,16-17H,7-12H2,1-2H3,(H,23,24)/t16-,17-/m1/s1. The van der Waals surface area contributed by atoms with E-state index in [-0.39, 0.29) is 24.8 Å². The summed E-state index contributed by atoms with van der Waals surface area (Å²) < 4.78 is 5.41. The van der Waals surface area contributed by atoms with Crippen molar-refractivity contribution < 1.29 is 24.2 Å². The Morgan fingerprint density at radius 2 is 1.93 bits per heavy atom. The first kappa shape index (κ1) is 19.4. The van der Waals surface area contributed by atoms with Gasteiger partial charge in [0.15, 0.2) is 0 Å². The summed E-state index contributed by atoms with van der Waals surface area (Å²) in [5.41, 5.74) is 2.02. The largest absolute Gasteiger partial charge is 0.481 e. The molecule has 0 saturated carbocycles. The van der Waals surface area contributed by atoms with Gasteiger partial charge in [0, 0.05) is 25.3 Å². The van der Waals surface area contributed by atoms with Crippen LogP contribution in [0.5, 0.6) is 0 Å². The van der Waals surface area contributed by atoms with Gasteiger partial charge in [0.2, 0.25) is 11.8 Å². The molecular formula is C20H26N2O5. The average Bonchev–Trinajstić information content (AvgIpc) is 3.02. The molecule has 3 rings (SSSR count). The third-order valence-electron chi connectivity index (χ3n) is 5.23. The first-order valence-corrected chi connectivity index (χ1v) is 9.40. The molecule has 2 amide bonds. The molecule has 1 aromatic carbocycles. The zero-order chi connectivity index (χ0) is 19.6. The van der Waals surface area contributed by atoms with Crippen LogP contribution in [0.3, 0.4) is 0 Å². The van der Waals surface area contributed by atoms with Crippen molar-refractivity contribution in [3.05, 3.63) is 29.8 Å². The molecule has 146 valence electrons. The van der Waals surface area contributed by atoms with Crippen molar-refractivity contribution >= 4 is 23.5 Å². The Balaban J connectivity index is 1.65. The van der Waals surface area contributed by atoms with Crippen molar-refractivity contribution in [3.63, 3.8) is 0 Å². The summed E-state index contributed by atoms with van der Waals surface area (Å²) in [5, 5.41) is 8.91. The molecule has 2 atom stereocenters. The van der Waals surface area contributed by atoms with Crippen molar-refractivity contribution in [2.24, 2.45) is 5.92 Å². The maximum absolute atomic E-state index is 12.8. The molecule has 0 spiro atoms. The molecule has 0 aliphatic carbocycles. The molecule has 1 N–H and O–H groups in total. The summed E-state index contributed by atoms with van der Waals surface area (Å²) in [6, 6.07) is 7.89. The van der Waals surface area contributed by atoms with Crippen LogP contribution in [0.1, 0.15) is 38.2 Å². The van der Waals surface area contributed by atoms with Crippen LogP contribution in [0.2, 0.25) is 0 Å². The van der Waals surface area contributed by atoms with Crippen LogP contribution < -0.4 is 4.90 Å². The Kier molecular flexibility index (Phi) is 5.79. The number of carboxylic acids is 1. The SMILES string of the molecule is CC(C)c1ccc(N2CC[C@H](C(=O)N3CCO[C@H](CC(=O)O)C3)C2=O)cc1. The molecule has 0 aromatic heterocycles. The van der Waals surface area contributed by atoms with E-state index in [0.717, 1.165) is 5.69 Å². The molecule has 2 heterocycles. The predicted molar refractivity (Wildman–Crippen MR) is 99.6 cm³/mol. The minimum Gasteiger partial charge on any atom is -0.481 e. The Hall–Kier alpha value is -2.41. The van der Waals surface area contributed by atoms with Gasteiger partial charge < -0.3 is 19.6 Å². The second-order valence-electron chi connectivity index (χ2n) is 7.45. The normalized spacial score (nSPS) is 23.1. The van der Waals surface area contributed by atoms with E-state index in [2.05, 4.69) is 13.8 Å². The molecule has 2 aliphatic rings. The summed E-state index contributed by atoms with van der Waals surface area (Å²) in [5.74, 6) is -1.64. The second kappa shape index (κ2) is 8.08. The van der Waals surface area contributed by atoms with Crippen LogP contribution in [0, 0.1) is 5.92 Å². The minimum absolute atomic E-state index is 0.142. The third-order valence-corrected chi connectivity index (χ3v) is 5.23. The molecule has 1 aromatic rings. The lowest BCUT2D eigenvalue weighted by Crippen LogP contribution is -2.49. The Morgan fingerprint density at radius 1 is 1.22 bits per heavy atom. The fourth-order valence-electron chi connectivity index (χ4n) is 3.66. The zero-order valence-electron chi connectivity index (χ0n) is 15.8. The van der Waals surface area contributed by atoms with E-state index < -0.39 is 18.0 Å². The summed E-state index contributed by atoms with van der Waals surface area (Å²) in [7, 11) is 0. The summed E-state index contributed by atoms with van der Waals surface area (Å²) in [6.45, 7) is 5.65. The first-order chi connectivity index (χ1) is 12.9. The van der Waals surface area contributed by atoms with Crippen LogP contribution >= 0.6 is 0 Å². The number of hydrogen-bond donors (Lipinski definition) is 1. The number of carbonyl (C=O) groups is 3. The smallest absolute Gasteiger partial charge is 0.306 e. The molecule has 2 aliphatic heterocycles. The number of amides is 2. The second-order valence-corrected chi connectivity index (χ2v) is 7.45.